The van der Waals surface area contributed by atoms with Gasteiger partial charge in [0.2, 0.25) is 17.6 Å². The fourth-order valence-electron chi connectivity index (χ4n) is 4.97. The van der Waals surface area contributed by atoms with Crippen molar-refractivity contribution in [1.29, 1.82) is 0 Å². The van der Waals surface area contributed by atoms with Crippen molar-refractivity contribution in [1.82, 2.24) is 15.5 Å². The van der Waals surface area contributed by atoms with Crippen LogP contribution in [0.3, 0.4) is 0 Å². The van der Waals surface area contributed by atoms with Crippen molar-refractivity contribution in [2.75, 3.05) is 0 Å². The summed E-state index contributed by atoms with van der Waals surface area (Å²) in [6.45, 7) is 0.331. The summed E-state index contributed by atoms with van der Waals surface area (Å²) >= 11 is 0. The maximum absolute atomic E-state index is 13.3. The first-order valence-corrected chi connectivity index (χ1v) is 12.5. The molecule has 1 heterocycles. The van der Waals surface area contributed by atoms with Crippen LogP contribution in [0.25, 0.3) is 0 Å². The highest BCUT2D eigenvalue weighted by molar-refractivity contribution is 6.38. The third-order valence-electron chi connectivity index (χ3n) is 6.91. The predicted molar refractivity (Wildman–Crippen MR) is 132 cm³/mol. The highest BCUT2D eigenvalue weighted by Gasteiger charge is 2.38. The van der Waals surface area contributed by atoms with Crippen molar-refractivity contribution < 1.29 is 19.2 Å². The summed E-state index contributed by atoms with van der Waals surface area (Å²) in [4.78, 5) is 53.5. The molecule has 0 bridgehead atoms. The Balaban J connectivity index is 1.47. The molecular formula is C28H33N3O4. The maximum atomic E-state index is 13.3. The molecule has 2 aliphatic rings. The molecule has 0 radical (unpaired) electrons. The molecule has 184 valence electrons. The van der Waals surface area contributed by atoms with Gasteiger partial charge in [0.15, 0.2) is 0 Å². The van der Waals surface area contributed by atoms with Crippen molar-refractivity contribution in [2.24, 2.45) is 0 Å². The summed E-state index contributed by atoms with van der Waals surface area (Å²) in [6, 6.07) is 17.2. The van der Waals surface area contributed by atoms with Crippen LogP contribution in [0.4, 0.5) is 0 Å². The average molecular weight is 476 g/mol. The molecule has 2 atom stereocenters. The zero-order valence-electron chi connectivity index (χ0n) is 19.9. The molecule has 7 heteroatoms. The first-order valence-electron chi connectivity index (χ1n) is 12.5. The molecule has 0 aromatic heterocycles. The SMILES string of the molecule is O=C(NC1CCCCC1)C(=O)C(Cc1ccccc1)NC(=O)[C@@H]1CCC(=O)N1Cc1ccccc1. The molecule has 1 aliphatic carbocycles. The summed E-state index contributed by atoms with van der Waals surface area (Å²) in [5.74, 6) is -1.78. The fourth-order valence-corrected chi connectivity index (χ4v) is 4.97. The molecule has 35 heavy (non-hydrogen) atoms. The lowest BCUT2D eigenvalue weighted by Crippen LogP contribution is -2.54. The summed E-state index contributed by atoms with van der Waals surface area (Å²) in [7, 11) is 0. The molecule has 7 nitrogen and oxygen atoms in total. The van der Waals surface area contributed by atoms with Gasteiger partial charge in [-0.25, -0.2) is 0 Å². The van der Waals surface area contributed by atoms with E-state index >= 15 is 0 Å². The number of likely N-dealkylation sites (tertiary alicyclic amines) is 1. The van der Waals surface area contributed by atoms with Gasteiger partial charge >= 0.3 is 0 Å². The van der Waals surface area contributed by atoms with Crippen LogP contribution < -0.4 is 10.6 Å². The van der Waals surface area contributed by atoms with Crippen LogP contribution in [0.1, 0.15) is 56.1 Å². The number of carbonyl (C=O) groups excluding carboxylic acids is 4. The summed E-state index contributed by atoms with van der Waals surface area (Å²) in [5, 5.41) is 5.69. The second-order valence-electron chi connectivity index (χ2n) is 9.49. The van der Waals surface area contributed by atoms with Crippen molar-refractivity contribution in [3.63, 3.8) is 0 Å². The van der Waals surface area contributed by atoms with E-state index in [1.54, 1.807) is 4.90 Å². The van der Waals surface area contributed by atoms with E-state index in [2.05, 4.69) is 10.6 Å². The molecule has 2 aromatic rings. The van der Waals surface area contributed by atoms with Crippen LogP contribution in [0.2, 0.25) is 0 Å². The van der Waals surface area contributed by atoms with E-state index in [1.165, 1.54) is 0 Å². The smallest absolute Gasteiger partial charge is 0.289 e. The Morgan fingerprint density at radius 1 is 0.857 bits per heavy atom. The van der Waals surface area contributed by atoms with Crippen LogP contribution in [0, 0.1) is 0 Å². The lowest BCUT2D eigenvalue weighted by molar-refractivity contribution is -0.141. The predicted octanol–water partition coefficient (Wildman–Crippen LogP) is 2.92. The molecule has 1 unspecified atom stereocenters. The minimum atomic E-state index is -0.997. The molecule has 1 saturated carbocycles. The van der Waals surface area contributed by atoms with Crippen LogP contribution in [-0.4, -0.2) is 46.5 Å². The molecule has 1 saturated heterocycles. The van der Waals surface area contributed by atoms with Gasteiger partial charge in [-0.05, 0) is 30.4 Å². The Kier molecular flexibility index (Phi) is 8.29. The number of Topliss-reactive ketones (excluding diaryl/α,β-unsaturated/α-hetero) is 1. The van der Waals surface area contributed by atoms with Crippen molar-refractivity contribution in [3.8, 4) is 0 Å². The number of nitrogens with zero attached hydrogens (tertiary/aromatic N) is 1. The average Bonchev–Trinajstić information content (AvgIpc) is 3.25. The lowest BCUT2D eigenvalue weighted by Gasteiger charge is -2.27. The van der Waals surface area contributed by atoms with Crippen molar-refractivity contribution in [3.05, 3.63) is 71.8 Å². The van der Waals surface area contributed by atoms with E-state index in [1.807, 2.05) is 60.7 Å². The monoisotopic (exact) mass is 475 g/mol. The highest BCUT2D eigenvalue weighted by Crippen LogP contribution is 2.22. The first-order chi connectivity index (χ1) is 17.0. The minimum absolute atomic E-state index is 0.00194. The number of amides is 3. The van der Waals surface area contributed by atoms with E-state index in [0.29, 0.717) is 13.0 Å². The van der Waals surface area contributed by atoms with Gasteiger partial charge in [-0.2, -0.15) is 0 Å². The van der Waals surface area contributed by atoms with Crippen LogP contribution >= 0.6 is 0 Å². The molecular weight excluding hydrogens is 442 g/mol. The Bertz CT molecular complexity index is 1030. The number of rotatable bonds is 9. The Labute approximate surface area is 206 Å². The number of carbonyl (C=O) groups is 4. The number of hydrogen-bond acceptors (Lipinski definition) is 4. The molecule has 2 fully saturated rings. The Hall–Kier alpha value is -3.48. The van der Waals surface area contributed by atoms with E-state index in [4.69, 9.17) is 0 Å². The molecule has 3 amide bonds. The zero-order chi connectivity index (χ0) is 24.6. The van der Waals surface area contributed by atoms with Gasteiger partial charge in [-0.15, -0.1) is 0 Å². The molecule has 1 aliphatic heterocycles. The summed E-state index contributed by atoms with van der Waals surface area (Å²) < 4.78 is 0. The van der Waals surface area contributed by atoms with Gasteiger partial charge in [0.1, 0.15) is 12.1 Å². The van der Waals surface area contributed by atoms with Gasteiger partial charge in [0, 0.05) is 25.4 Å². The zero-order valence-corrected chi connectivity index (χ0v) is 19.9. The van der Waals surface area contributed by atoms with E-state index in [9.17, 15) is 19.2 Å². The maximum Gasteiger partial charge on any atom is 0.289 e. The lowest BCUT2D eigenvalue weighted by atomic mass is 9.95. The van der Waals surface area contributed by atoms with Crippen molar-refractivity contribution in [2.45, 2.75) is 76.0 Å². The molecule has 0 spiro atoms. The number of benzene rings is 2. The third kappa shape index (κ3) is 6.56. The van der Waals surface area contributed by atoms with Crippen LogP contribution in [-0.2, 0) is 32.1 Å². The largest absolute Gasteiger partial charge is 0.347 e. The normalized spacial score (nSPS) is 19.3. The summed E-state index contributed by atoms with van der Waals surface area (Å²) in [5.41, 5.74) is 1.78. The van der Waals surface area contributed by atoms with Crippen molar-refractivity contribution >= 4 is 23.5 Å². The Morgan fingerprint density at radius 3 is 2.14 bits per heavy atom. The standard InChI is InChI=1S/C28H33N3O4/c32-25-17-16-24(31(25)19-21-12-6-2-7-13-21)27(34)30-23(18-20-10-4-1-5-11-20)26(33)28(35)29-22-14-8-3-9-15-22/h1-2,4-7,10-13,22-24H,3,8-9,14-19H2,(H,29,35)(H,30,34)/t23?,24-/m0/s1. The van der Waals surface area contributed by atoms with Crippen LogP contribution in [0.15, 0.2) is 60.7 Å². The molecule has 2 aromatic carbocycles. The van der Waals surface area contributed by atoms with E-state index < -0.39 is 29.7 Å². The third-order valence-corrected chi connectivity index (χ3v) is 6.91. The molecule has 2 N–H and O–H groups in total. The minimum Gasteiger partial charge on any atom is -0.347 e. The second-order valence-corrected chi connectivity index (χ2v) is 9.49. The topological polar surface area (TPSA) is 95.6 Å². The van der Waals surface area contributed by atoms with Gasteiger partial charge in [-0.3, -0.25) is 19.2 Å². The first kappa shape index (κ1) is 24.6. The second kappa shape index (κ2) is 11.8. The van der Waals surface area contributed by atoms with Gasteiger partial charge in [-0.1, -0.05) is 79.9 Å². The molecule has 4 rings (SSSR count). The Morgan fingerprint density at radius 2 is 1.49 bits per heavy atom. The number of ketones is 1. The summed E-state index contributed by atoms with van der Waals surface area (Å²) in [6.07, 6.45) is 5.84. The fraction of sp³-hybridized carbons (Fsp3) is 0.429. The highest BCUT2D eigenvalue weighted by atomic mass is 16.2. The van der Waals surface area contributed by atoms with E-state index in [0.717, 1.165) is 43.2 Å². The van der Waals surface area contributed by atoms with Gasteiger partial charge in [0.25, 0.3) is 5.91 Å². The van der Waals surface area contributed by atoms with E-state index in [-0.39, 0.29) is 24.8 Å². The number of nitrogens with one attached hydrogen (secondary N) is 2. The van der Waals surface area contributed by atoms with Gasteiger partial charge < -0.3 is 15.5 Å². The van der Waals surface area contributed by atoms with Crippen LogP contribution in [0.5, 0.6) is 0 Å². The quantitative estimate of drug-likeness (QED) is 0.545. The van der Waals surface area contributed by atoms with Gasteiger partial charge in [0.05, 0.1) is 0 Å². The number of hydrogen-bond donors (Lipinski definition) is 2.